The van der Waals surface area contributed by atoms with Gasteiger partial charge in [0.1, 0.15) is 6.07 Å². The lowest BCUT2D eigenvalue weighted by Crippen LogP contribution is -2.22. The van der Waals surface area contributed by atoms with E-state index in [4.69, 9.17) is 5.26 Å². The maximum absolute atomic E-state index is 8.81. The molecule has 1 rings (SSSR count). The molecule has 74 valence electrons. The Balaban J connectivity index is 2.79. The summed E-state index contributed by atoms with van der Waals surface area (Å²) in [5.41, 5.74) is 0.385. The Morgan fingerprint density at radius 2 is 2.21 bits per heavy atom. The van der Waals surface area contributed by atoms with E-state index in [1.165, 1.54) is 6.20 Å². The largest absolute Gasteiger partial charge is 0.356 e. The summed E-state index contributed by atoms with van der Waals surface area (Å²) in [5.74, 6) is 1.67. The fourth-order valence-corrected chi connectivity index (χ4v) is 1.48. The van der Waals surface area contributed by atoms with Gasteiger partial charge < -0.3 is 4.90 Å². The zero-order valence-electron chi connectivity index (χ0n) is 8.27. The minimum absolute atomic E-state index is 0.385. The topological polar surface area (TPSA) is 52.8 Å². The van der Waals surface area contributed by atoms with Gasteiger partial charge in [-0.15, -0.1) is 0 Å². The van der Waals surface area contributed by atoms with Crippen LogP contribution < -0.4 is 4.90 Å². The van der Waals surface area contributed by atoms with Gasteiger partial charge in [0, 0.05) is 31.7 Å². The summed E-state index contributed by atoms with van der Waals surface area (Å²) < 4.78 is 0. The smallest absolute Gasteiger partial charge is 0.183 e. The third kappa shape index (κ3) is 2.60. The van der Waals surface area contributed by atoms with Crippen molar-refractivity contribution >= 4 is 17.6 Å². The Kier molecular flexibility index (Phi) is 4.20. The Morgan fingerprint density at radius 3 is 2.86 bits per heavy atom. The van der Waals surface area contributed by atoms with Gasteiger partial charge in [0.15, 0.2) is 11.5 Å². The second-order valence-electron chi connectivity index (χ2n) is 2.75. The third-order valence-corrected chi connectivity index (χ3v) is 2.37. The van der Waals surface area contributed by atoms with Crippen LogP contribution in [0.3, 0.4) is 0 Å². The number of anilines is 1. The molecule has 0 spiro atoms. The second-order valence-corrected chi connectivity index (χ2v) is 3.74. The molecule has 0 unspecified atom stereocenters. The summed E-state index contributed by atoms with van der Waals surface area (Å²) in [5, 5.41) is 8.81. The Labute approximate surface area is 88.0 Å². The van der Waals surface area contributed by atoms with Crippen molar-refractivity contribution in [1.82, 2.24) is 9.97 Å². The minimum atomic E-state index is 0.385. The van der Waals surface area contributed by atoms with Gasteiger partial charge in [-0.25, -0.2) is 9.97 Å². The summed E-state index contributed by atoms with van der Waals surface area (Å²) in [6.07, 6.45) is 5.19. The van der Waals surface area contributed by atoms with E-state index in [1.54, 1.807) is 18.0 Å². The highest BCUT2D eigenvalue weighted by Crippen LogP contribution is 2.11. The SMILES string of the molecule is CSCCN(C)c1nccnc1C#N. The monoisotopic (exact) mass is 208 g/mol. The van der Waals surface area contributed by atoms with Crippen LogP contribution in [0.5, 0.6) is 0 Å². The average Bonchev–Trinajstić information content (AvgIpc) is 2.25. The van der Waals surface area contributed by atoms with Crippen LogP contribution >= 0.6 is 11.8 Å². The molecule has 0 saturated heterocycles. The van der Waals surface area contributed by atoms with Gasteiger partial charge in [0.05, 0.1) is 0 Å². The van der Waals surface area contributed by atoms with E-state index >= 15 is 0 Å². The molecule has 1 aromatic rings. The first-order valence-corrected chi connectivity index (χ1v) is 5.60. The molecule has 0 aliphatic carbocycles. The summed E-state index contributed by atoms with van der Waals surface area (Å²) in [6.45, 7) is 0.870. The molecule has 0 N–H and O–H groups in total. The van der Waals surface area contributed by atoms with E-state index in [2.05, 4.69) is 16.2 Å². The minimum Gasteiger partial charge on any atom is -0.356 e. The van der Waals surface area contributed by atoms with Crippen molar-refractivity contribution in [2.45, 2.75) is 0 Å². The zero-order valence-corrected chi connectivity index (χ0v) is 9.08. The molecule has 0 atom stereocenters. The first kappa shape index (κ1) is 10.8. The molecular formula is C9H12N4S. The zero-order chi connectivity index (χ0) is 10.4. The molecule has 5 heteroatoms. The van der Waals surface area contributed by atoms with Crippen molar-refractivity contribution in [2.24, 2.45) is 0 Å². The Bertz CT molecular complexity index is 334. The molecule has 0 aliphatic heterocycles. The average molecular weight is 208 g/mol. The predicted octanol–water partition coefficient (Wildman–Crippen LogP) is 1.15. The maximum atomic E-state index is 8.81. The van der Waals surface area contributed by atoms with Gasteiger partial charge in [-0.1, -0.05) is 0 Å². The Morgan fingerprint density at radius 1 is 1.50 bits per heavy atom. The fraction of sp³-hybridized carbons (Fsp3) is 0.444. The van der Waals surface area contributed by atoms with E-state index in [0.29, 0.717) is 11.5 Å². The van der Waals surface area contributed by atoms with Crippen LogP contribution in [-0.4, -0.2) is 35.6 Å². The Hall–Kier alpha value is -1.28. The van der Waals surface area contributed by atoms with Crippen LogP contribution in [0.25, 0.3) is 0 Å². The summed E-state index contributed by atoms with van der Waals surface area (Å²) in [7, 11) is 1.92. The van der Waals surface area contributed by atoms with Gasteiger partial charge in [-0.3, -0.25) is 0 Å². The number of hydrogen-bond donors (Lipinski definition) is 0. The van der Waals surface area contributed by atoms with E-state index in [1.807, 2.05) is 18.0 Å². The second kappa shape index (κ2) is 5.45. The van der Waals surface area contributed by atoms with Crippen LogP contribution in [0.15, 0.2) is 12.4 Å². The summed E-state index contributed by atoms with van der Waals surface area (Å²) >= 11 is 1.77. The van der Waals surface area contributed by atoms with Gasteiger partial charge in [-0.05, 0) is 6.26 Å². The lowest BCUT2D eigenvalue weighted by atomic mass is 10.4. The molecule has 0 saturated carbocycles. The molecule has 0 fully saturated rings. The molecule has 14 heavy (non-hydrogen) atoms. The lowest BCUT2D eigenvalue weighted by molar-refractivity contribution is 0.929. The number of thioether (sulfide) groups is 1. The quantitative estimate of drug-likeness (QED) is 0.743. The van der Waals surface area contributed by atoms with Crippen molar-refractivity contribution < 1.29 is 0 Å². The van der Waals surface area contributed by atoms with Crippen molar-refractivity contribution in [3.63, 3.8) is 0 Å². The molecule has 0 radical (unpaired) electrons. The summed E-state index contributed by atoms with van der Waals surface area (Å²) in [4.78, 5) is 10.0. The highest BCUT2D eigenvalue weighted by atomic mass is 32.2. The van der Waals surface area contributed by atoms with Crippen LogP contribution in [0.2, 0.25) is 0 Å². The lowest BCUT2D eigenvalue weighted by Gasteiger charge is -2.17. The molecule has 0 amide bonds. The van der Waals surface area contributed by atoms with Crippen LogP contribution in [0.1, 0.15) is 5.69 Å². The van der Waals surface area contributed by atoms with Crippen LogP contribution in [-0.2, 0) is 0 Å². The highest BCUT2D eigenvalue weighted by Gasteiger charge is 2.08. The van der Waals surface area contributed by atoms with Crippen LogP contribution in [0.4, 0.5) is 5.82 Å². The predicted molar refractivity (Wildman–Crippen MR) is 58.4 cm³/mol. The van der Waals surface area contributed by atoms with Gasteiger partial charge in [0.2, 0.25) is 0 Å². The molecule has 1 aromatic heterocycles. The van der Waals surface area contributed by atoms with Crippen molar-refractivity contribution in [3.8, 4) is 6.07 Å². The normalized spacial score (nSPS) is 9.50. The van der Waals surface area contributed by atoms with E-state index in [9.17, 15) is 0 Å². The molecule has 0 aliphatic rings. The standard InChI is InChI=1S/C9H12N4S/c1-13(5-6-14-2)9-8(7-10)11-3-4-12-9/h3-4H,5-6H2,1-2H3. The summed E-state index contributed by atoms with van der Waals surface area (Å²) in [6, 6.07) is 2.03. The van der Waals surface area contributed by atoms with Crippen molar-refractivity contribution in [2.75, 3.05) is 30.5 Å². The van der Waals surface area contributed by atoms with E-state index < -0.39 is 0 Å². The van der Waals surface area contributed by atoms with Crippen molar-refractivity contribution in [1.29, 1.82) is 5.26 Å². The highest BCUT2D eigenvalue weighted by molar-refractivity contribution is 7.98. The molecule has 0 aromatic carbocycles. The number of rotatable bonds is 4. The van der Waals surface area contributed by atoms with Gasteiger partial charge >= 0.3 is 0 Å². The first-order valence-electron chi connectivity index (χ1n) is 4.20. The fourth-order valence-electron chi connectivity index (χ4n) is 1.02. The maximum Gasteiger partial charge on any atom is 0.183 e. The van der Waals surface area contributed by atoms with Gasteiger partial charge in [-0.2, -0.15) is 17.0 Å². The molecule has 1 heterocycles. The number of hydrogen-bond acceptors (Lipinski definition) is 5. The molecule has 4 nitrogen and oxygen atoms in total. The molecule has 0 bridgehead atoms. The van der Waals surface area contributed by atoms with Crippen molar-refractivity contribution in [3.05, 3.63) is 18.1 Å². The first-order chi connectivity index (χ1) is 6.79. The van der Waals surface area contributed by atoms with E-state index in [-0.39, 0.29) is 0 Å². The molecular weight excluding hydrogens is 196 g/mol. The van der Waals surface area contributed by atoms with Crippen LogP contribution in [0, 0.1) is 11.3 Å². The van der Waals surface area contributed by atoms with Gasteiger partial charge in [0.25, 0.3) is 0 Å². The third-order valence-electron chi connectivity index (χ3n) is 1.78. The number of aromatic nitrogens is 2. The van der Waals surface area contributed by atoms with E-state index in [0.717, 1.165) is 12.3 Å². The number of nitrogens with zero attached hydrogens (tertiary/aromatic N) is 4. The number of nitriles is 1.